The number of fused-ring (bicyclic) bond motifs is 2. The van der Waals surface area contributed by atoms with Crippen molar-refractivity contribution in [1.29, 1.82) is 0 Å². The molecule has 1 aromatic rings. The fourth-order valence-electron chi connectivity index (χ4n) is 2.13. The number of amides is 1. The van der Waals surface area contributed by atoms with Crippen molar-refractivity contribution in [3.63, 3.8) is 0 Å². The number of rotatable bonds is 0. The van der Waals surface area contributed by atoms with Gasteiger partial charge in [0.05, 0.1) is 6.20 Å². The largest absolute Gasteiger partial charge is 0.350 e. The van der Waals surface area contributed by atoms with Crippen molar-refractivity contribution in [2.45, 2.75) is 36.1 Å². The molecule has 1 aromatic heterocycles. The molecular formula is C11H11ClN4OS. The van der Waals surface area contributed by atoms with E-state index in [0.29, 0.717) is 10.7 Å². The molecule has 1 saturated heterocycles. The number of hydrogen-bond acceptors (Lipinski definition) is 5. The maximum Gasteiger partial charge on any atom is 0.239 e. The zero-order chi connectivity index (χ0) is 12.9. The van der Waals surface area contributed by atoms with Crippen molar-refractivity contribution < 1.29 is 4.79 Å². The van der Waals surface area contributed by atoms with E-state index in [0.717, 1.165) is 12.1 Å². The molecule has 5 nitrogen and oxygen atoms in total. The van der Waals surface area contributed by atoms with Crippen molar-refractivity contribution in [3.05, 3.63) is 11.5 Å². The fraction of sp³-hybridized carbons (Fsp3) is 0.455. The molecule has 0 bridgehead atoms. The monoisotopic (exact) mass is 282 g/mol. The first-order valence-electron chi connectivity index (χ1n) is 5.53. The molecule has 1 unspecified atom stereocenters. The van der Waals surface area contributed by atoms with Crippen LogP contribution in [-0.4, -0.2) is 32.4 Å². The number of hydrogen-bond donors (Lipinski definition) is 1. The highest BCUT2D eigenvalue weighted by Crippen LogP contribution is 2.39. The Balaban J connectivity index is 2.05. The Labute approximate surface area is 113 Å². The highest BCUT2D eigenvalue weighted by atomic mass is 35.5. The number of nitrogens with zero attached hydrogens (tertiary/aromatic N) is 3. The van der Waals surface area contributed by atoms with Gasteiger partial charge in [0.2, 0.25) is 11.2 Å². The van der Waals surface area contributed by atoms with Crippen LogP contribution < -0.4 is 5.32 Å². The number of thioether (sulfide) groups is 1. The van der Waals surface area contributed by atoms with Gasteiger partial charge in [-0.2, -0.15) is 0 Å². The lowest BCUT2D eigenvalue weighted by Gasteiger charge is -2.37. The predicted octanol–water partition coefficient (Wildman–Crippen LogP) is 1.98. The molecule has 0 aromatic carbocycles. The number of halogens is 1. The van der Waals surface area contributed by atoms with Crippen LogP contribution in [-0.2, 0) is 4.79 Å². The zero-order valence-corrected chi connectivity index (χ0v) is 11.5. The van der Waals surface area contributed by atoms with Gasteiger partial charge in [-0.1, -0.05) is 11.8 Å². The molecule has 1 atom stereocenters. The van der Waals surface area contributed by atoms with E-state index in [-0.39, 0.29) is 22.0 Å². The summed E-state index contributed by atoms with van der Waals surface area (Å²) < 4.78 is 0. The van der Waals surface area contributed by atoms with E-state index in [1.165, 1.54) is 11.8 Å². The Kier molecular flexibility index (Phi) is 2.60. The Morgan fingerprint density at radius 3 is 3.11 bits per heavy atom. The summed E-state index contributed by atoms with van der Waals surface area (Å²) in [4.78, 5) is 24.6. The van der Waals surface area contributed by atoms with Gasteiger partial charge in [0.15, 0.2) is 0 Å². The van der Waals surface area contributed by atoms with E-state index in [1.54, 1.807) is 6.20 Å². The molecule has 0 aliphatic carbocycles. The summed E-state index contributed by atoms with van der Waals surface area (Å²) in [7, 11) is 0. The van der Waals surface area contributed by atoms with Gasteiger partial charge >= 0.3 is 0 Å². The quantitative estimate of drug-likeness (QED) is 0.584. The molecule has 1 fully saturated rings. The maximum atomic E-state index is 12.0. The van der Waals surface area contributed by atoms with E-state index in [9.17, 15) is 4.79 Å². The van der Waals surface area contributed by atoms with Crippen molar-refractivity contribution in [1.82, 2.24) is 15.3 Å². The van der Waals surface area contributed by atoms with E-state index in [1.807, 2.05) is 13.8 Å². The Hall–Kier alpha value is -1.14. The summed E-state index contributed by atoms with van der Waals surface area (Å²) in [6, 6.07) is 0. The summed E-state index contributed by atoms with van der Waals surface area (Å²) in [5.41, 5.74) is 1.32. The van der Waals surface area contributed by atoms with Crippen LogP contribution in [0.1, 0.15) is 20.3 Å². The number of nitrogens with one attached hydrogen (secondary N) is 1. The minimum absolute atomic E-state index is 0.0182. The summed E-state index contributed by atoms with van der Waals surface area (Å²) in [5, 5.41) is 3.53. The van der Waals surface area contributed by atoms with Gasteiger partial charge in [0.25, 0.3) is 0 Å². The Morgan fingerprint density at radius 2 is 2.33 bits per heavy atom. The second-order valence-corrected chi connectivity index (χ2v) is 6.41. The molecule has 1 amide bonds. The third kappa shape index (κ3) is 1.99. The number of piperidine rings is 1. The topological polar surface area (TPSA) is 67.2 Å². The average molecular weight is 283 g/mol. The highest BCUT2D eigenvalue weighted by Gasteiger charge is 2.40. The maximum absolute atomic E-state index is 12.0. The van der Waals surface area contributed by atoms with Crippen LogP contribution in [0.4, 0.5) is 5.69 Å². The molecule has 2 aliphatic rings. The van der Waals surface area contributed by atoms with Gasteiger partial charge in [-0.15, -0.1) is 0 Å². The molecule has 18 heavy (non-hydrogen) atoms. The lowest BCUT2D eigenvalue weighted by molar-refractivity contribution is -0.121. The van der Waals surface area contributed by atoms with Gasteiger partial charge in [-0.3, -0.25) is 9.79 Å². The van der Waals surface area contributed by atoms with Gasteiger partial charge in [-0.05, 0) is 25.4 Å². The molecule has 2 aliphatic heterocycles. The SMILES string of the molecule is CC1(C)CC2=Nc3cnc(Cl)nc3SC2C(=O)N1. The zero-order valence-electron chi connectivity index (χ0n) is 9.90. The second kappa shape index (κ2) is 3.93. The van der Waals surface area contributed by atoms with Crippen LogP contribution in [0.25, 0.3) is 0 Å². The Bertz CT molecular complexity index is 572. The molecule has 94 valence electrons. The summed E-state index contributed by atoms with van der Waals surface area (Å²) >= 11 is 7.13. The first-order valence-corrected chi connectivity index (χ1v) is 6.79. The molecular weight excluding hydrogens is 272 g/mol. The predicted molar refractivity (Wildman–Crippen MR) is 70.6 cm³/mol. The van der Waals surface area contributed by atoms with E-state index in [4.69, 9.17) is 11.6 Å². The minimum atomic E-state index is -0.295. The van der Waals surface area contributed by atoms with Crippen LogP contribution in [0.2, 0.25) is 5.28 Å². The smallest absolute Gasteiger partial charge is 0.239 e. The van der Waals surface area contributed by atoms with Crippen LogP contribution in [0.5, 0.6) is 0 Å². The molecule has 3 rings (SSSR count). The van der Waals surface area contributed by atoms with Crippen LogP contribution in [0.15, 0.2) is 16.2 Å². The number of aromatic nitrogens is 2. The van der Waals surface area contributed by atoms with Crippen molar-refractivity contribution in [2.24, 2.45) is 4.99 Å². The molecule has 0 spiro atoms. The van der Waals surface area contributed by atoms with Crippen LogP contribution >= 0.6 is 23.4 Å². The van der Waals surface area contributed by atoms with Gasteiger partial charge in [-0.25, -0.2) is 9.97 Å². The van der Waals surface area contributed by atoms with Gasteiger partial charge < -0.3 is 5.32 Å². The first kappa shape index (κ1) is 11.9. The van der Waals surface area contributed by atoms with E-state index < -0.39 is 0 Å². The van der Waals surface area contributed by atoms with Crippen molar-refractivity contribution in [3.8, 4) is 0 Å². The minimum Gasteiger partial charge on any atom is -0.350 e. The summed E-state index contributed by atoms with van der Waals surface area (Å²) in [5.74, 6) is -0.0182. The second-order valence-electron chi connectivity index (χ2n) is 4.98. The molecule has 3 heterocycles. The lowest BCUT2D eigenvalue weighted by Crippen LogP contribution is -2.56. The fourth-order valence-corrected chi connectivity index (χ4v) is 3.33. The number of carbonyl (C=O) groups is 1. The van der Waals surface area contributed by atoms with E-state index >= 15 is 0 Å². The highest BCUT2D eigenvalue weighted by molar-refractivity contribution is 8.01. The third-order valence-corrected chi connectivity index (χ3v) is 4.25. The van der Waals surface area contributed by atoms with Crippen LogP contribution in [0.3, 0.4) is 0 Å². The molecule has 7 heteroatoms. The van der Waals surface area contributed by atoms with Crippen molar-refractivity contribution in [2.75, 3.05) is 0 Å². The van der Waals surface area contributed by atoms with Gasteiger partial charge in [0.1, 0.15) is 16.0 Å². The number of aliphatic imine (C=N–C) groups is 1. The third-order valence-electron chi connectivity index (χ3n) is 2.83. The summed E-state index contributed by atoms with van der Waals surface area (Å²) in [6.45, 7) is 3.98. The average Bonchev–Trinajstić information content (AvgIpc) is 2.26. The summed E-state index contributed by atoms with van der Waals surface area (Å²) in [6.07, 6.45) is 2.33. The normalized spacial score (nSPS) is 24.7. The van der Waals surface area contributed by atoms with E-state index in [2.05, 4.69) is 20.3 Å². The molecule has 0 saturated carbocycles. The Morgan fingerprint density at radius 1 is 1.56 bits per heavy atom. The van der Waals surface area contributed by atoms with Gasteiger partial charge in [0, 0.05) is 17.7 Å². The number of carbonyl (C=O) groups excluding carboxylic acids is 1. The van der Waals surface area contributed by atoms with Crippen molar-refractivity contribution >= 4 is 40.7 Å². The molecule has 0 radical (unpaired) electrons. The molecule has 1 N–H and O–H groups in total. The van der Waals surface area contributed by atoms with Crippen LogP contribution in [0, 0.1) is 0 Å². The lowest BCUT2D eigenvalue weighted by atomic mass is 9.91. The first-order chi connectivity index (χ1) is 8.44. The standard InChI is InChI=1S/C11H11ClN4OS/c1-11(2)3-5-7(8(17)16-11)18-9-6(14-5)4-13-10(12)15-9/h4,7H,3H2,1-2H3,(H,16,17).